The Kier molecular flexibility index (Phi) is 5.03. The zero-order valence-electron chi connectivity index (χ0n) is 14.2. The van der Waals surface area contributed by atoms with Crippen molar-refractivity contribution in [2.75, 3.05) is 5.32 Å². The summed E-state index contributed by atoms with van der Waals surface area (Å²) in [5.74, 6) is 2.21. The van der Waals surface area contributed by atoms with Crippen LogP contribution in [0.5, 0.6) is 5.75 Å². The van der Waals surface area contributed by atoms with Gasteiger partial charge in [0.2, 0.25) is 0 Å². The van der Waals surface area contributed by atoms with Gasteiger partial charge in [-0.3, -0.25) is 0 Å². The van der Waals surface area contributed by atoms with E-state index in [1.54, 1.807) is 0 Å². The van der Waals surface area contributed by atoms with E-state index >= 15 is 0 Å². The van der Waals surface area contributed by atoms with Gasteiger partial charge in [-0.1, -0.05) is 5.16 Å². The zero-order chi connectivity index (χ0) is 16.9. The van der Waals surface area contributed by atoms with E-state index < -0.39 is 0 Å². The second-order valence-corrected chi connectivity index (χ2v) is 6.26. The summed E-state index contributed by atoms with van der Waals surface area (Å²) in [4.78, 5) is 4.37. The van der Waals surface area contributed by atoms with Crippen molar-refractivity contribution in [3.8, 4) is 5.75 Å². The number of nitrogens with one attached hydrogen (secondary N) is 1. The molecule has 1 aromatic carbocycles. The third-order valence-corrected chi connectivity index (χ3v) is 3.93. The maximum Gasteiger partial charge on any atom is 0.193 e. The SMILES string of the molecule is CC(C)Oc1ccc(NC(N)=NCc2noc3c2CCCC3)cc1. The van der Waals surface area contributed by atoms with Gasteiger partial charge in [0.15, 0.2) is 5.96 Å². The maximum atomic E-state index is 5.97. The molecule has 1 heterocycles. The van der Waals surface area contributed by atoms with Gasteiger partial charge >= 0.3 is 0 Å². The predicted molar refractivity (Wildman–Crippen MR) is 94.3 cm³/mol. The predicted octanol–water partition coefficient (Wildman–Crippen LogP) is 3.27. The van der Waals surface area contributed by atoms with Crippen LogP contribution in [0.4, 0.5) is 5.69 Å². The van der Waals surface area contributed by atoms with Gasteiger partial charge in [0.1, 0.15) is 17.2 Å². The highest BCUT2D eigenvalue weighted by atomic mass is 16.5. The Labute approximate surface area is 142 Å². The number of fused-ring (bicyclic) bond motifs is 1. The molecule has 0 saturated heterocycles. The molecule has 0 atom stereocenters. The van der Waals surface area contributed by atoms with Crippen molar-refractivity contribution in [1.82, 2.24) is 5.16 Å². The van der Waals surface area contributed by atoms with Crippen molar-refractivity contribution >= 4 is 11.6 Å². The van der Waals surface area contributed by atoms with Crippen molar-refractivity contribution in [2.45, 2.75) is 52.2 Å². The molecule has 1 aliphatic rings. The molecular formula is C18H24N4O2. The van der Waals surface area contributed by atoms with Crippen LogP contribution < -0.4 is 15.8 Å². The van der Waals surface area contributed by atoms with E-state index in [1.165, 1.54) is 18.4 Å². The summed E-state index contributed by atoms with van der Waals surface area (Å²) in [6.45, 7) is 4.44. The Bertz CT molecular complexity index is 704. The van der Waals surface area contributed by atoms with Crippen molar-refractivity contribution in [1.29, 1.82) is 0 Å². The second-order valence-electron chi connectivity index (χ2n) is 6.26. The molecule has 2 aromatic rings. The highest BCUT2D eigenvalue weighted by molar-refractivity contribution is 5.92. The number of aromatic nitrogens is 1. The maximum absolute atomic E-state index is 5.97. The summed E-state index contributed by atoms with van der Waals surface area (Å²) >= 11 is 0. The topological polar surface area (TPSA) is 85.7 Å². The number of nitrogens with two attached hydrogens (primary N) is 1. The van der Waals surface area contributed by atoms with Gasteiger partial charge in [0, 0.05) is 17.7 Å². The summed E-state index contributed by atoms with van der Waals surface area (Å²) in [7, 11) is 0. The Hall–Kier alpha value is -2.50. The fourth-order valence-electron chi connectivity index (χ4n) is 2.81. The quantitative estimate of drug-likeness (QED) is 0.650. The van der Waals surface area contributed by atoms with Crippen molar-refractivity contribution in [2.24, 2.45) is 10.7 Å². The van der Waals surface area contributed by atoms with Gasteiger partial charge in [-0.15, -0.1) is 0 Å². The van der Waals surface area contributed by atoms with E-state index in [0.29, 0.717) is 12.5 Å². The minimum absolute atomic E-state index is 0.156. The van der Waals surface area contributed by atoms with E-state index in [-0.39, 0.29) is 6.10 Å². The summed E-state index contributed by atoms with van der Waals surface area (Å²) in [5.41, 5.74) is 8.95. The van der Waals surface area contributed by atoms with Crippen molar-refractivity contribution in [3.05, 3.63) is 41.3 Å². The van der Waals surface area contributed by atoms with Crippen LogP contribution in [0.2, 0.25) is 0 Å². The molecule has 1 aliphatic carbocycles. The highest BCUT2D eigenvalue weighted by Crippen LogP contribution is 2.24. The van der Waals surface area contributed by atoms with E-state index in [4.69, 9.17) is 15.0 Å². The third kappa shape index (κ3) is 4.07. The van der Waals surface area contributed by atoms with Gasteiger partial charge in [-0.25, -0.2) is 4.99 Å². The monoisotopic (exact) mass is 328 g/mol. The molecule has 0 fully saturated rings. The van der Waals surface area contributed by atoms with Gasteiger partial charge in [0.05, 0.1) is 12.6 Å². The Morgan fingerprint density at radius 3 is 2.79 bits per heavy atom. The first-order chi connectivity index (χ1) is 11.6. The number of anilines is 1. The first kappa shape index (κ1) is 16.4. The van der Waals surface area contributed by atoms with Crippen molar-refractivity contribution in [3.63, 3.8) is 0 Å². The van der Waals surface area contributed by atoms with Crippen LogP contribution in [0.25, 0.3) is 0 Å². The molecule has 6 nitrogen and oxygen atoms in total. The number of hydrogen-bond acceptors (Lipinski definition) is 4. The van der Waals surface area contributed by atoms with Crippen molar-refractivity contribution < 1.29 is 9.26 Å². The minimum Gasteiger partial charge on any atom is -0.491 e. The Balaban J connectivity index is 1.59. The number of nitrogens with zero attached hydrogens (tertiary/aromatic N) is 2. The Morgan fingerprint density at radius 1 is 1.29 bits per heavy atom. The third-order valence-electron chi connectivity index (χ3n) is 3.93. The lowest BCUT2D eigenvalue weighted by Crippen LogP contribution is -2.22. The lowest BCUT2D eigenvalue weighted by atomic mass is 9.96. The molecule has 24 heavy (non-hydrogen) atoms. The average molecular weight is 328 g/mol. The number of ether oxygens (including phenoxy) is 1. The van der Waals surface area contributed by atoms with Gasteiger partial charge in [-0.05, 0) is 57.4 Å². The van der Waals surface area contributed by atoms with Crippen LogP contribution in [0.15, 0.2) is 33.8 Å². The fraction of sp³-hybridized carbons (Fsp3) is 0.444. The molecule has 1 aromatic heterocycles. The van der Waals surface area contributed by atoms with E-state index in [1.807, 2.05) is 38.1 Å². The number of aliphatic imine (C=N–C) groups is 1. The Morgan fingerprint density at radius 2 is 2.04 bits per heavy atom. The smallest absolute Gasteiger partial charge is 0.193 e. The molecule has 3 rings (SSSR count). The molecule has 0 amide bonds. The molecular weight excluding hydrogens is 304 g/mol. The molecule has 0 aliphatic heterocycles. The zero-order valence-corrected chi connectivity index (χ0v) is 14.2. The van der Waals surface area contributed by atoms with Gasteiger partial charge < -0.3 is 20.3 Å². The summed E-state index contributed by atoms with van der Waals surface area (Å²) in [6, 6.07) is 7.64. The van der Waals surface area contributed by atoms with Gasteiger partial charge in [-0.2, -0.15) is 0 Å². The normalized spacial score (nSPS) is 14.5. The van der Waals surface area contributed by atoms with Crippen LogP contribution in [0, 0.1) is 0 Å². The largest absolute Gasteiger partial charge is 0.491 e. The number of hydrogen-bond donors (Lipinski definition) is 2. The molecule has 0 unspecified atom stereocenters. The molecule has 0 bridgehead atoms. The number of benzene rings is 1. The molecule has 0 radical (unpaired) electrons. The number of rotatable bonds is 5. The van der Waals surface area contributed by atoms with Crippen LogP contribution in [0.3, 0.4) is 0 Å². The van der Waals surface area contributed by atoms with Crippen LogP contribution in [-0.4, -0.2) is 17.2 Å². The minimum atomic E-state index is 0.156. The van der Waals surface area contributed by atoms with Crippen LogP contribution in [-0.2, 0) is 19.4 Å². The lowest BCUT2D eigenvalue weighted by molar-refractivity contribution is 0.242. The molecule has 3 N–H and O–H groups in total. The molecule has 0 spiro atoms. The second kappa shape index (κ2) is 7.38. The molecule has 0 saturated carbocycles. The summed E-state index contributed by atoms with van der Waals surface area (Å²) < 4.78 is 11.0. The van der Waals surface area contributed by atoms with Crippen LogP contribution >= 0.6 is 0 Å². The van der Waals surface area contributed by atoms with E-state index in [0.717, 1.165) is 35.7 Å². The lowest BCUT2D eigenvalue weighted by Gasteiger charge is -2.11. The highest BCUT2D eigenvalue weighted by Gasteiger charge is 2.18. The fourth-order valence-corrected chi connectivity index (χ4v) is 2.81. The number of guanidine groups is 1. The summed E-state index contributed by atoms with van der Waals surface area (Å²) in [5, 5.41) is 7.21. The van der Waals surface area contributed by atoms with Gasteiger partial charge in [0.25, 0.3) is 0 Å². The standard InChI is InChI=1S/C18H24N4O2/c1-12(2)23-14-9-7-13(8-10-14)21-18(19)20-11-16-15-5-3-4-6-17(15)24-22-16/h7-10,12H,3-6,11H2,1-2H3,(H3,19,20,21). The summed E-state index contributed by atoms with van der Waals surface area (Å²) in [6.07, 6.45) is 4.51. The molecule has 128 valence electrons. The molecule has 6 heteroatoms. The van der Waals surface area contributed by atoms with E-state index in [2.05, 4.69) is 15.5 Å². The average Bonchev–Trinajstić information content (AvgIpc) is 2.98. The number of aryl methyl sites for hydroxylation is 1. The van der Waals surface area contributed by atoms with E-state index in [9.17, 15) is 0 Å². The first-order valence-corrected chi connectivity index (χ1v) is 8.42. The van der Waals surface area contributed by atoms with Crippen LogP contribution in [0.1, 0.15) is 43.7 Å². The first-order valence-electron chi connectivity index (χ1n) is 8.42.